The van der Waals surface area contributed by atoms with Crippen LogP contribution in [0.5, 0.6) is 0 Å². The Hall–Kier alpha value is -2.70. The van der Waals surface area contributed by atoms with Crippen LogP contribution in [0.2, 0.25) is 0 Å². The normalized spacial score (nSPS) is 26.4. The van der Waals surface area contributed by atoms with Gasteiger partial charge in [-0.05, 0) is 50.5 Å². The summed E-state index contributed by atoms with van der Waals surface area (Å²) in [5.74, 6) is -0.221. The van der Waals surface area contributed by atoms with Crippen LogP contribution >= 0.6 is 0 Å². The molecule has 0 aromatic heterocycles. The van der Waals surface area contributed by atoms with Gasteiger partial charge in [-0.3, -0.25) is 9.59 Å². The Morgan fingerprint density at radius 3 is 2.57 bits per heavy atom. The van der Waals surface area contributed by atoms with E-state index in [2.05, 4.69) is 5.32 Å². The van der Waals surface area contributed by atoms with Gasteiger partial charge >= 0.3 is 0 Å². The van der Waals surface area contributed by atoms with E-state index < -0.39 is 6.10 Å². The van der Waals surface area contributed by atoms with Gasteiger partial charge in [0.25, 0.3) is 11.8 Å². The van der Waals surface area contributed by atoms with Gasteiger partial charge in [0.05, 0.1) is 18.7 Å². The summed E-state index contributed by atoms with van der Waals surface area (Å²) in [6.45, 7) is 5.12. The van der Waals surface area contributed by atoms with E-state index in [1.807, 2.05) is 49.1 Å². The standard InChI is InChI=1S/C24H28N2O4/c1-16-15-30-22(18-8-4-3-5-9-18)17(2)26(16)24(28)19-10-6-11-20(14-19)25-23(27)21-12-7-13-29-21/h3-6,8-11,14,16-17,21-22H,7,12-13,15H2,1-2H3,(H,25,27). The van der Waals surface area contributed by atoms with E-state index in [-0.39, 0.29) is 30.0 Å². The average Bonchev–Trinajstić information content (AvgIpc) is 3.30. The van der Waals surface area contributed by atoms with Crippen molar-refractivity contribution in [2.45, 2.75) is 51.0 Å². The smallest absolute Gasteiger partial charge is 0.254 e. The Balaban J connectivity index is 1.51. The third kappa shape index (κ3) is 4.25. The Bertz CT molecular complexity index is 895. The number of benzene rings is 2. The summed E-state index contributed by atoms with van der Waals surface area (Å²) in [7, 11) is 0. The fraction of sp³-hybridized carbons (Fsp3) is 0.417. The minimum Gasteiger partial charge on any atom is -0.369 e. The number of carbonyl (C=O) groups is 2. The average molecular weight is 408 g/mol. The highest BCUT2D eigenvalue weighted by Gasteiger charge is 2.37. The summed E-state index contributed by atoms with van der Waals surface area (Å²) >= 11 is 0. The third-order valence-electron chi connectivity index (χ3n) is 5.83. The van der Waals surface area contributed by atoms with Gasteiger partial charge in [-0.1, -0.05) is 36.4 Å². The van der Waals surface area contributed by atoms with Crippen LogP contribution in [0, 0.1) is 0 Å². The van der Waals surface area contributed by atoms with Crippen LogP contribution in [0.25, 0.3) is 0 Å². The zero-order valence-electron chi connectivity index (χ0n) is 17.4. The first-order valence-electron chi connectivity index (χ1n) is 10.6. The molecule has 4 atom stereocenters. The maximum absolute atomic E-state index is 13.4. The molecule has 0 spiro atoms. The topological polar surface area (TPSA) is 67.9 Å². The van der Waals surface area contributed by atoms with Gasteiger partial charge in [-0.2, -0.15) is 0 Å². The number of morpholine rings is 1. The Morgan fingerprint density at radius 1 is 1.03 bits per heavy atom. The molecule has 1 N–H and O–H groups in total. The Kier molecular flexibility index (Phi) is 6.16. The predicted molar refractivity (Wildman–Crippen MR) is 114 cm³/mol. The van der Waals surface area contributed by atoms with E-state index in [4.69, 9.17) is 9.47 Å². The lowest BCUT2D eigenvalue weighted by atomic mass is 9.97. The van der Waals surface area contributed by atoms with Crippen molar-refractivity contribution in [1.82, 2.24) is 4.90 Å². The first-order valence-corrected chi connectivity index (χ1v) is 10.6. The number of ether oxygens (including phenoxy) is 2. The molecule has 0 bridgehead atoms. The van der Waals surface area contributed by atoms with Gasteiger partial charge in [0.15, 0.2) is 0 Å². The summed E-state index contributed by atoms with van der Waals surface area (Å²) in [6.07, 6.45) is 1.05. The number of rotatable bonds is 4. The maximum atomic E-state index is 13.4. The highest BCUT2D eigenvalue weighted by molar-refractivity contribution is 5.98. The number of nitrogens with one attached hydrogen (secondary N) is 1. The lowest BCUT2D eigenvalue weighted by Gasteiger charge is -2.44. The Morgan fingerprint density at radius 2 is 1.83 bits per heavy atom. The molecular formula is C24H28N2O4. The molecule has 2 heterocycles. The molecule has 2 aromatic rings. The van der Waals surface area contributed by atoms with Crippen LogP contribution in [-0.2, 0) is 14.3 Å². The molecule has 2 saturated heterocycles. The van der Waals surface area contributed by atoms with E-state index in [1.165, 1.54) is 0 Å². The molecule has 4 unspecified atom stereocenters. The summed E-state index contributed by atoms with van der Waals surface area (Å²) in [5.41, 5.74) is 2.22. The van der Waals surface area contributed by atoms with Crippen molar-refractivity contribution in [3.63, 3.8) is 0 Å². The molecule has 4 rings (SSSR count). The molecule has 2 amide bonds. The van der Waals surface area contributed by atoms with E-state index >= 15 is 0 Å². The molecule has 2 aliphatic rings. The van der Waals surface area contributed by atoms with Crippen molar-refractivity contribution >= 4 is 17.5 Å². The SMILES string of the molecule is CC1COC(c2ccccc2)C(C)N1C(=O)c1cccc(NC(=O)C2CCCO2)c1. The van der Waals surface area contributed by atoms with E-state index in [1.54, 1.807) is 24.3 Å². The van der Waals surface area contributed by atoms with Crippen LogP contribution in [0.4, 0.5) is 5.69 Å². The highest BCUT2D eigenvalue weighted by Crippen LogP contribution is 2.32. The zero-order chi connectivity index (χ0) is 21.1. The van der Waals surface area contributed by atoms with Crippen molar-refractivity contribution in [3.8, 4) is 0 Å². The van der Waals surface area contributed by atoms with E-state index in [0.717, 1.165) is 18.4 Å². The molecule has 6 nitrogen and oxygen atoms in total. The van der Waals surface area contributed by atoms with Gasteiger partial charge in [0, 0.05) is 17.9 Å². The summed E-state index contributed by atoms with van der Waals surface area (Å²) in [4.78, 5) is 27.7. The van der Waals surface area contributed by atoms with Crippen LogP contribution in [-0.4, -0.2) is 48.1 Å². The second-order valence-corrected chi connectivity index (χ2v) is 8.04. The number of nitrogens with zero attached hydrogens (tertiary/aromatic N) is 1. The summed E-state index contributed by atoms with van der Waals surface area (Å²) < 4.78 is 11.5. The van der Waals surface area contributed by atoms with Crippen molar-refractivity contribution in [2.75, 3.05) is 18.5 Å². The van der Waals surface area contributed by atoms with Crippen LogP contribution in [0.3, 0.4) is 0 Å². The monoisotopic (exact) mass is 408 g/mol. The van der Waals surface area contributed by atoms with Gasteiger partial charge in [-0.15, -0.1) is 0 Å². The van der Waals surface area contributed by atoms with Gasteiger partial charge in [-0.25, -0.2) is 0 Å². The highest BCUT2D eigenvalue weighted by atomic mass is 16.5. The minimum atomic E-state index is -0.407. The van der Waals surface area contributed by atoms with E-state index in [9.17, 15) is 9.59 Å². The quantitative estimate of drug-likeness (QED) is 0.836. The molecule has 2 fully saturated rings. The fourth-order valence-electron chi connectivity index (χ4n) is 4.30. The summed E-state index contributed by atoms with van der Waals surface area (Å²) in [6, 6.07) is 16.9. The lowest BCUT2D eigenvalue weighted by molar-refractivity contribution is -0.124. The zero-order valence-corrected chi connectivity index (χ0v) is 17.4. The van der Waals surface area contributed by atoms with Crippen molar-refractivity contribution in [2.24, 2.45) is 0 Å². The molecular weight excluding hydrogens is 380 g/mol. The first-order chi connectivity index (χ1) is 14.5. The van der Waals surface area contributed by atoms with Crippen LogP contribution in [0.15, 0.2) is 54.6 Å². The molecule has 0 aliphatic carbocycles. The molecule has 30 heavy (non-hydrogen) atoms. The number of hydrogen-bond donors (Lipinski definition) is 1. The second kappa shape index (κ2) is 8.98. The summed E-state index contributed by atoms with van der Waals surface area (Å²) in [5, 5.41) is 2.88. The lowest BCUT2D eigenvalue weighted by Crippen LogP contribution is -2.53. The molecule has 6 heteroatoms. The molecule has 158 valence electrons. The molecule has 0 radical (unpaired) electrons. The first kappa shape index (κ1) is 20.6. The van der Waals surface area contributed by atoms with Crippen LogP contribution in [0.1, 0.15) is 48.7 Å². The molecule has 2 aromatic carbocycles. The number of carbonyl (C=O) groups excluding carboxylic acids is 2. The number of anilines is 1. The van der Waals surface area contributed by atoms with E-state index in [0.29, 0.717) is 24.5 Å². The van der Waals surface area contributed by atoms with Gasteiger partial charge in [0.2, 0.25) is 0 Å². The predicted octanol–water partition coefficient (Wildman–Crippen LogP) is 3.79. The Labute approximate surface area is 177 Å². The van der Waals surface area contributed by atoms with Gasteiger partial charge < -0.3 is 19.7 Å². The van der Waals surface area contributed by atoms with Gasteiger partial charge in [0.1, 0.15) is 12.2 Å². The van der Waals surface area contributed by atoms with Crippen LogP contribution < -0.4 is 5.32 Å². The minimum absolute atomic E-state index is 0.0439. The van der Waals surface area contributed by atoms with Crippen molar-refractivity contribution in [1.29, 1.82) is 0 Å². The fourth-order valence-corrected chi connectivity index (χ4v) is 4.30. The third-order valence-corrected chi connectivity index (χ3v) is 5.83. The van der Waals surface area contributed by atoms with Crippen molar-refractivity contribution in [3.05, 3.63) is 65.7 Å². The largest absolute Gasteiger partial charge is 0.369 e. The number of hydrogen-bond acceptors (Lipinski definition) is 4. The van der Waals surface area contributed by atoms with Crippen molar-refractivity contribution < 1.29 is 19.1 Å². The molecule has 2 aliphatic heterocycles. The number of amides is 2. The molecule has 0 saturated carbocycles. The second-order valence-electron chi connectivity index (χ2n) is 8.04. The maximum Gasteiger partial charge on any atom is 0.254 e.